The first-order valence-corrected chi connectivity index (χ1v) is 21.5. The Kier molecular flexibility index (Phi) is 11.4. The number of esters is 1. The van der Waals surface area contributed by atoms with Gasteiger partial charge in [0.05, 0.1) is 12.7 Å². The summed E-state index contributed by atoms with van der Waals surface area (Å²) in [7, 11) is -2.99. The van der Waals surface area contributed by atoms with Crippen LogP contribution >= 0.6 is 0 Å². The van der Waals surface area contributed by atoms with Gasteiger partial charge in [-0.1, -0.05) is 146 Å². The fourth-order valence-corrected chi connectivity index (χ4v) is 15.3. The lowest BCUT2D eigenvalue weighted by molar-refractivity contribution is -0.226. The highest BCUT2D eigenvalue weighted by Gasteiger charge is 2.68. The lowest BCUT2D eigenvalue weighted by atomic mass is 9.44. The summed E-state index contributed by atoms with van der Waals surface area (Å²) in [5, 5.41) is 1.92. The highest BCUT2D eigenvalue weighted by molar-refractivity contribution is 6.99. The molecule has 2 bridgehead atoms. The summed E-state index contributed by atoms with van der Waals surface area (Å²) >= 11 is 0. The van der Waals surface area contributed by atoms with E-state index in [-0.39, 0.29) is 53.5 Å². The van der Waals surface area contributed by atoms with Crippen LogP contribution in [0.3, 0.4) is 0 Å². The molecule has 0 radical (unpaired) electrons. The molecule has 0 heterocycles. The van der Waals surface area contributed by atoms with E-state index >= 15 is 0 Å². The summed E-state index contributed by atoms with van der Waals surface area (Å²) < 4.78 is 26.7. The van der Waals surface area contributed by atoms with Gasteiger partial charge in [0.2, 0.25) is 0 Å². The van der Waals surface area contributed by atoms with Crippen molar-refractivity contribution in [2.75, 3.05) is 13.4 Å². The zero-order chi connectivity index (χ0) is 38.1. The molecule has 3 aliphatic rings. The number of hydrogen-bond acceptors (Lipinski definition) is 6. The molecule has 6 rings (SSSR count). The van der Waals surface area contributed by atoms with Gasteiger partial charge in [-0.05, 0) is 63.9 Å². The van der Waals surface area contributed by atoms with Crippen molar-refractivity contribution in [1.82, 2.24) is 0 Å². The SMILES string of the molecule is C=C[C@@]1(C)C[C@@H](OC(=O)CO[Si](c2ccccc2)(c2ccccc2)C(C)(C)C)[C@@]2(C)C3C(=O)CC[C@@]3(CC[C@H]2C)[C@H](C)[C@@H]1OCOCc1ccccc1. The maximum atomic E-state index is 14.4. The molecule has 8 atom stereocenters. The quantitative estimate of drug-likeness (QED) is 0.0610. The lowest BCUT2D eigenvalue weighted by Gasteiger charge is -2.62. The van der Waals surface area contributed by atoms with Gasteiger partial charge in [-0.3, -0.25) is 4.79 Å². The van der Waals surface area contributed by atoms with Crippen LogP contribution in [0.25, 0.3) is 0 Å². The van der Waals surface area contributed by atoms with Crippen molar-refractivity contribution in [1.29, 1.82) is 0 Å². The van der Waals surface area contributed by atoms with Crippen LogP contribution in [0.1, 0.15) is 86.1 Å². The van der Waals surface area contributed by atoms with E-state index in [2.05, 4.69) is 79.3 Å². The summed E-state index contributed by atoms with van der Waals surface area (Å²) in [6, 6.07) is 30.8. The van der Waals surface area contributed by atoms with E-state index in [1.54, 1.807) is 0 Å². The Labute approximate surface area is 318 Å². The van der Waals surface area contributed by atoms with Crippen molar-refractivity contribution in [2.24, 2.45) is 34.0 Å². The van der Waals surface area contributed by atoms with Gasteiger partial charge in [-0.2, -0.15) is 0 Å². The second-order valence-corrected chi connectivity index (χ2v) is 21.9. The number of rotatable bonds is 12. The van der Waals surface area contributed by atoms with Crippen LogP contribution in [-0.4, -0.2) is 45.7 Å². The highest BCUT2D eigenvalue weighted by Crippen LogP contribution is 2.68. The smallest absolute Gasteiger partial charge is 0.331 e. The molecule has 3 aromatic carbocycles. The van der Waals surface area contributed by atoms with Gasteiger partial charge < -0.3 is 18.6 Å². The molecule has 284 valence electrons. The first-order valence-electron chi connectivity index (χ1n) is 19.6. The minimum absolute atomic E-state index is 0.0595. The molecule has 0 saturated heterocycles. The highest BCUT2D eigenvalue weighted by atomic mass is 28.4. The van der Waals surface area contributed by atoms with E-state index < -0.39 is 31.2 Å². The average molecular weight is 737 g/mol. The molecule has 0 amide bonds. The third-order valence-corrected chi connectivity index (χ3v) is 18.8. The zero-order valence-electron chi connectivity index (χ0n) is 32.9. The Morgan fingerprint density at radius 1 is 0.906 bits per heavy atom. The summed E-state index contributed by atoms with van der Waals surface area (Å²) in [4.78, 5) is 28.6. The lowest BCUT2D eigenvalue weighted by Crippen LogP contribution is -2.67. The van der Waals surface area contributed by atoms with E-state index in [0.717, 1.165) is 35.2 Å². The Balaban J connectivity index is 1.33. The summed E-state index contributed by atoms with van der Waals surface area (Å²) in [5.41, 5.74) is -0.325. The molecule has 0 aromatic heterocycles. The Morgan fingerprint density at radius 3 is 2.06 bits per heavy atom. The number of benzene rings is 3. The largest absolute Gasteiger partial charge is 0.460 e. The van der Waals surface area contributed by atoms with Gasteiger partial charge in [0.1, 0.15) is 25.3 Å². The predicted molar refractivity (Wildman–Crippen MR) is 213 cm³/mol. The maximum Gasteiger partial charge on any atom is 0.331 e. The predicted octanol–water partition coefficient (Wildman–Crippen LogP) is 8.67. The van der Waals surface area contributed by atoms with Crippen LogP contribution < -0.4 is 10.4 Å². The van der Waals surface area contributed by atoms with E-state index in [0.29, 0.717) is 19.4 Å². The normalized spacial score (nSPS) is 31.6. The van der Waals surface area contributed by atoms with E-state index in [4.69, 9.17) is 18.6 Å². The Hall–Kier alpha value is -3.36. The third-order valence-electron chi connectivity index (χ3n) is 13.8. The van der Waals surface area contributed by atoms with Crippen LogP contribution in [-0.2, 0) is 34.8 Å². The standard InChI is InChI=1S/C46H60O6Si/c1-9-44(7)29-39(52-40(48)31-51-53(43(4,5)6,36-21-15-11-16-22-36)37-23-17-12-18-24-37)45(8)33(2)25-27-46(28-26-38(47)41(45)46)34(3)42(44)50-32-49-30-35-19-13-10-14-20-35/h9-24,33-34,39,41-42H,1,25-32H2,2-8H3/t33-,34-,39-,41?,42+,44+,45+,46+/m1/s1. The topological polar surface area (TPSA) is 71.1 Å². The number of carbonyl (C=O) groups excluding carboxylic acids is 2. The summed E-state index contributed by atoms with van der Waals surface area (Å²) in [6.07, 6.45) is 4.88. The van der Waals surface area contributed by atoms with Gasteiger partial charge >= 0.3 is 5.97 Å². The fourth-order valence-electron chi connectivity index (χ4n) is 10.8. The van der Waals surface area contributed by atoms with E-state index in [9.17, 15) is 9.59 Å². The molecular formula is C46H60O6Si. The van der Waals surface area contributed by atoms with Crippen molar-refractivity contribution in [2.45, 2.75) is 104 Å². The molecule has 6 nitrogen and oxygen atoms in total. The van der Waals surface area contributed by atoms with Gasteiger partial charge in [0, 0.05) is 23.2 Å². The molecule has 3 saturated carbocycles. The molecule has 0 N–H and O–H groups in total. The molecular weight excluding hydrogens is 677 g/mol. The van der Waals surface area contributed by atoms with Gasteiger partial charge in [-0.15, -0.1) is 6.58 Å². The zero-order valence-corrected chi connectivity index (χ0v) is 33.9. The minimum Gasteiger partial charge on any atom is -0.460 e. The monoisotopic (exact) mass is 736 g/mol. The molecule has 53 heavy (non-hydrogen) atoms. The van der Waals surface area contributed by atoms with Crippen LogP contribution in [0.15, 0.2) is 104 Å². The first kappa shape index (κ1) is 39.3. The van der Waals surface area contributed by atoms with Gasteiger partial charge in [0.25, 0.3) is 8.32 Å². The first-order chi connectivity index (χ1) is 25.2. The van der Waals surface area contributed by atoms with Crippen molar-refractivity contribution in [3.63, 3.8) is 0 Å². The van der Waals surface area contributed by atoms with Crippen molar-refractivity contribution >= 4 is 30.4 Å². The molecule has 0 spiro atoms. The van der Waals surface area contributed by atoms with Crippen molar-refractivity contribution < 1.29 is 28.2 Å². The molecule has 3 aliphatic carbocycles. The third kappa shape index (κ3) is 7.03. The van der Waals surface area contributed by atoms with Crippen LogP contribution in [0.5, 0.6) is 0 Å². The number of carbonyl (C=O) groups is 2. The number of Topliss-reactive ketones (excluding diaryl/α,β-unsaturated/α-hetero) is 1. The summed E-state index contributed by atoms with van der Waals surface area (Å²) in [6.45, 7) is 20.3. The maximum absolute atomic E-state index is 14.4. The van der Waals surface area contributed by atoms with Crippen LogP contribution in [0, 0.1) is 34.0 Å². The van der Waals surface area contributed by atoms with Gasteiger partial charge in [0.15, 0.2) is 0 Å². The van der Waals surface area contributed by atoms with E-state index in [1.165, 1.54) is 0 Å². The number of hydrogen-bond donors (Lipinski definition) is 0. The summed E-state index contributed by atoms with van der Waals surface area (Å²) in [5.74, 6) is -0.122. The van der Waals surface area contributed by atoms with Crippen LogP contribution in [0.4, 0.5) is 0 Å². The molecule has 3 aromatic rings. The molecule has 3 fully saturated rings. The fraction of sp³-hybridized carbons (Fsp3) is 0.522. The number of ether oxygens (including phenoxy) is 3. The van der Waals surface area contributed by atoms with Gasteiger partial charge in [-0.25, -0.2) is 4.79 Å². The minimum atomic E-state index is -2.99. The van der Waals surface area contributed by atoms with E-state index in [1.807, 2.05) is 72.8 Å². The second kappa shape index (κ2) is 15.4. The average Bonchev–Trinajstić information content (AvgIpc) is 3.51. The van der Waals surface area contributed by atoms with Crippen LogP contribution in [0.2, 0.25) is 5.04 Å². The number of ketones is 1. The molecule has 7 heteroatoms. The second-order valence-electron chi connectivity index (χ2n) is 17.6. The Bertz CT molecular complexity index is 1680. The molecule has 0 aliphatic heterocycles. The Morgan fingerprint density at radius 2 is 1.49 bits per heavy atom. The molecule has 1 unspecified atom stereocenters. The van der Waals surface area contributed by atoms with Crippen molar-refractivity contribution in [3.05, 3.63) is 109 Å². The van der Waals surface area contributed by atoms with Crippen molar-refractivity contribution in [3.8, 4) is 0 Å².